The molecule has 2 rings (SSSR count). The highest BCUT2D eigenvalue weighted by Crippen LogP contribution is 2.43. The Labute approximate surface area is 100 Å². The van der Waals surface area contributed by atoms with Crippen molar-refractivity contribution in [2.45, 2.75) is 48.6 Å². The Bertz CT molecular complexity index is 181. The standard InChI is InChI=1S/C11H20INO/c1-9(12)10-4-2-3-5-11(10)6-7-13-8-14-11/h9-10,13H,2-8H2,1H3. The molecule has 2 fully saturated rings. The summed E-state index contributed by atoms with van der Waals surface area (Å²) in [6.07, 6.45) is 6.62. The Balaban J connectivity index is 2.10. The Morgan fingerprint density at radius 1 is 1.43 bits per heavy atom. The molecule has 1 saturated carbocycles. The largest absolute Gasteiger partial charge is 0.359 e. The van der Waals surface area contributed by atoms with Gasteiger partial charge in [-0.2, -0.15) is 0 Å². The van der Waals surface area contributed by atoms with Gasteiger partial charge in [-0.3, -0.25) is 5.32 Å². The second-order valence-electron chi connectivity index (χ2n) is 4.63. The molecule has 2 nitrogen and oxygen atoms in total. The third-order valence-electron chi connectivity index (χ3n) is 3.78. The normalized spacial score (nSPS) is 41.1. The minimum Gasteiger partial charge on any atom is -0.359 e. The highest BCUT2D eigenvalue weighted by molar-refractivity contribution is 14.1. The number of halogens is 1. The van der Waals surface area contributed by atoms with Crippen molar-refractivity contribution in [2.24, 2.45) is 5.92 Å². The summed E-state index contributed by atoms with van der Waals surface area (Å²) < 4.78 is 6.81. The molecule has 3 heteroatoms. The zero-order valence-electron chi connectivity index (χ0n) is 8.89. The topological polar surface area (TPSA) is 21.3 Å². The molecule has 82 valence electrons. The van der Waals surface area contributed by atoms with Crippen molar-refractivity contribution >= 4 is 22.6 Å². The van der Waals surface area contributed by atoms with Crippen LogP contribution in [0.3, 0.4) is 0 Å². The van der Waals surface area contributed by atoms with Crippen molar-refractivity contribution in [2.75, 3.05) is 13.3 Å². The van der Waals surface area contributed by atoms with Crippen LogP contribution in [-0.4, -0.2) is 22.8 Å². The SMILES string of the molecule is CC(I)C1CCCCC12CCNCO2. The lowest BCUT2D eigenvalue weighted by Crippen LogP contribution is -2.53. The van der Waals surface area contributed by atoms with E-state index in [0.717, 1.165) is 23.1 Å². The number of ether oxygens (including phenoxy) is 1. The van der Waals surface area contributed by atoms with Crippen molar-refractivity contribution in [1.29, 1.82) is 0 Å². The maximum atomic E-state index is 6.06. The molecule has 0 radical (unpaired) electrons. The van der Waals surface area contributed by atoms with Crippen LogP contribution in [0, 0.1) is 5.92 Å². The van der Waals surface area contributed by atoms with E-state index in [-0.39, 0.29) is 5.60 Å². The van der Waals surface area contributed by atoms with Crippen LogP contribution >= 0.6 is 22.6 Å². The Morgan fingerprint density at radius 2 is 2.29 bits per heavy atom. The molecule has 0 aromatic rings. The van der Waals surface area contributed by atoms with E-state index in [2.05, 4.69) is 34.8 Å². The fraction of sp³-hybridized carbons (Fsp3) is 1.00. The summed E-state index contributed by atoms with van der Waals surface area (Å²) in [4.78, 5) is 0. The minimum atomic E-state index is 0.226. The van der Waals surface area contributed by atoms with E-state index in [1.807, 2.05) is 0 Å². The molecule has 1 spiro atoms. The number of hydrogen-bond acceptors (Lipinski definition) is 2. The van der Waals surface area contributed by atoms with Gasteiger partial charge in [-0.15, -0.1) is 0 Å². The maximum Gasteiger partial charge on any atom is 0.0973 e. The van der Waals surface area contributed by atoms with Crippen molar-refractivity contribution in [3.8, 4) is 0 Å². The molecule has 1 N–H and O–H groups in total. The van der Waals surface area contributed by atoms with E-state index in [9.17, 15) is 0 Å². The lowest BCUT2D eigenvalue weighted by molar-refractivity contribution is -0.137. The predicted octanol–water partition coefficient (Wildman–Crippen LogP) is 2.71. The Hall–Kier alpha value is 0.650. The van der Waals surface area contributed by atoms with Gasteiger partial charge in [-0.05, 0) is 31.7 Å². The molecule has 0 aromatic carbocycles. The lowest BCUT2D eigenvalue weighted by atomic mass is 9.71. The van der Waals surface area contributed by atoms with Crippen LogP contribution in [0.4, 0.5) is 0 Å². The van der Waals surface area contributed by atoms with Crippen molar-refractivity contribution in [1.82, 2.24) is 5.32 Å². The van der Waals surface area contributed by atoms with Gasteiger partial charge in [-0.25, -0.2) is 0 Å². The van der Waals surface area contributed by atoms with Gasteiger partial charge in [0.05, 0.1) is 12.3 Å². The molecule has 1 heterocycles. The van der Waals surface area contributed by atoms with Gasteiger partial charge in [0.1, 0.15) is 0 Å². The van der Waals surface area contributed by atoms with Crippen LogP contribution in [0.15, 0.2) is 0 Å². The molecular formula is C11H20INO. The number of rotatable bonds is 1. The fourth-order valence-corrected chi connectivity index (χ4v) is 4.03. The van der Waals surface area contributed by atoms with E-state index in [1.165, 1.54) is 32.1 Å². The van der Waals surface area contributed by atoms with Crippen LogP contribution in [0.1, 0.15) is 39.0 Å². The molecule has 1 saturated heterocycles. The van der Waals surface area contributed by atoms with E-state index in [1.54, 1.807) is 0 Å². The summed E-state index contributed by atoms with van der Waals surface area (Å²) >= 11 is 2.57. The summed E-state index contributed by atoms with van der Waals surface area (Å²) in [5.74, 6) is 0.777. The predicted molar refractivity (Wildman–Crippen MR) is 66.7 cm³/mol. The molecule has 1 aliphatic carbocycles. The van der Waals surface area contributed by atoms with Crippen LogP contribution in [0.2, 0.25) is 0 Å². The summed E-state index contributed by atoms with van der Waals surface area (Å²) in [5, 5.41) is 3.29. The monoisotopic (exact) mass is 309 g/mol. The first-order chi connectivity index (χ1) is 6.75. The van der Waals surface area contributed by atoms with Crippen molar-refractivity contribution in [3.63, 3.8) is 0 Å². The van der Waals surface area contributed by atoms with Gasteiger partial charge in [0.25, 0.3) is 0 Å². The lowest BCUT2D eigenvalue weighted by Gasteiger charge is -2.47. The minimum absolute atomic E-state index is 0.226. The molecule has 2 aliphatic rings. The molecule has 3 atom stereocenters. The number of alkyl halides is 1. The zero-order valence-corrected chi connectivity index (χ0v) is 11.0. The summed E-state index contributed by atoms with van der Waals surface area (Å²) in [5.41, 5.74) is 0.226. The average Bonchev–Trinajstić information content (AvgIpc) is 2.19. The average molecular weight is 309 g/mol. The Morgan fingerprint density at radius 3 is 2.93 bits per heavy atom. The second-order valence-corrected chi connectivity index (χ2v) is 6.60. The molecule has 0 aromatic heterocycles. The summed E-state index contributed by atoms with van der Waals surface area (Å²) in [6.45, 7) is 4.24. The van der Waals surface area contributed by atoms with E-state index in [0.29, 0.717) is 0 Å². The zero-order chi connectivity index (χ0) is 10.0. The summed E-state index contributed by atoms with van der Waals surface area (Å²) in [7, 11) is 0. The van der Waals surface area contributed by atoms with Crippen LogP contribution < -0.4 is 5.32 Å². The van der Waals surface area contributed by atoms with Crippen molar-refractivity contribution in [3.05, 3.63) is 0 Å². The summed E-state index contributed by atoms with van der Waals surface area (Å²) in [6, 6.07) is 0. The van der Waals surface area contributed by atoms with E-state index < -0.39 is 0 Å². The van der Waals surface area contributed by atoms with Crippen LogP contribution in [0.25, 0.3) is 0 Å². The van der Waals surface area contributed by atoms with E-state index in [4.69, 9.17) is 4.74 Å². The molecule has 3 unspecified atom stereocenters. The first kappa shape index (κ1) is 11.1. The van der Waals surface area contributed by atoms with Gasteiger partial charge in [0, 0.05) is 3.92 Å². The third kappa shape index (κ3) is 2.09. The smallest absolute Gasteiger partial charge is 0.0973 e. The first-order valence-corrected chi connectivity index (χ1v) is 6.98. The van der Waals surface area contributed by atoms with Gasteiger partial charge in [0.2, 0.25) is 0 Å². The molecule has 1 aliphatic heterocycles. The number of hydrogen-bond donors (Lipinski definition) is 1. The first-order valence-electron chi connectivity index (χ1n) is 5.73. The highest BCUT2D eigenvalue weighted by Gasteiger charge is 2.44. The van der Waals surface area contributed by atoms with Crippen LogP contribution in [-0.2, 0) is 4.74 Å². The molecular weight excluding hydrogens is 289 g/mol. The Kier molecular flexibility index (Phi) is 3.71. The fourth-order valence-electron chi connectivity index (χ4n) is 3.01. The molecule has 0 bridgehead atoms. The van der Waals surface area contributed by atoms with Crippen molar-refractivity contribution < 1.29 is 4.74 Å². The van der Waals surface area contributed by atoms with Gasteiger partial charge in [-0.1, -0.05) is 42.4 Å². The molecule has 14 heavy (non-hydrogen) atoms. The quantitative estimate of drug-likeness (QED) is 0.594. The van der Waals surface area contributed by atoms with E-state index >= 15 is 0 Å². The maximum absolute atomic E-state index is 6.06. The van der Waals surface area contributed by atoms with Gasteiger partial charge in [0.15, 0.2) is 0 Å². The van der Waals surface area contributed by atoms with Crippen LogP contribution in [0.5, 0.6) is 0 Å². The third-order valence-corrected chi connectivity index (χ3v) is 4.65. The molecule has 0 amide bonds. The number of nitrogens with one attached hydrogen (secondary N) is 1. The second kappa shape index (κ2) is 4.66. The van der Waals surface area contributed by atoms with Gasteiger partial charge >= 0.3 is 0 Å². The van der Waals surface area contributed by atoms with Gasteiger partial charge < -0.3 is 4.74 Å². The highest BCUT2D eigenvalue weighted by atomic mass is 127.